The molecule has 7 nitrogen and oxygen atoms in total. The fourth-order valence-electron chi connectivity index (χ4n) is 1.58. The Hall–Kier alpha value is -1.57. The molecule has 0 saturated heterocycles. The number of aryl methyl sites for hydroxylation is 1. The number of nitrogens with zero attached hydrogens (tertiary/aromatic N) is 3. The summed E-state index contributed by atoms with van der Waals surface area (Å²) in [6.45, 7) is 6.01. The molecule has 0 saturated carbocycles. The number of aliphatic imine (C=N–C) groups is 1. The number of hydrogen-bond donors (Lipinski definition) is 2. The second kappa shape index (κ2) is 6.93. The summed E-state index contributed by atoms with van der Waals surface area (Å²) in [6, 6.07) is 1.91. The fraction of sp³-hybridized carbons (Fsp3) is 0.692. The lowest BCUT2D eigenvalue weighted by Gasteiger charge is -2.19. The number of rotatable bonds is 5. The molecule has 0 unspecified atom stereocenters. The number of guanidine groups is 1. The Kier molecular flexibility index (Phi) is 5.77. The van der Waals surface area contributed by atoms with Crippen LogP contribution < -0.4 is 10.6 Å². The maximum absolute atomic E-state index is 12.0. The zero-order chi connectivity index (χ0) is 16.1. The predicted molar refractivity (Wildman–Crippen MR) is 84.9 cm³/mol. The van der Waals surface area contributed by atoms with Gasteiger partial charge in [-0.3, -0.25) is 9.67 Å². The summed E-state index contributed by atoms with van der Waals surface area (Å²) in [5.41, 5.74) is 1.01. The van der Waals surface area contributed by atoms with Crippen LogP contribution in [0.4, 0.5) is 0 Å². The van der Waals surface area contributed by atoms with Crippen LogP contribution >= 0.6 is 0 Å². The SMILES string of the molecule is CN=C(NCCS(=O)(=O)C(C)(C)C)NCc1ccnn1C. The van der Waals surface area contributed by atoms with Gasteiger partial charge in [-0.05, 0) is 26.8 Å². The molecule has 0 aromatic carbocycles. The molecule has 0 aliphatic carbocycles. The highest BCUT2D eigenvalue weighted by Crippen LogP contribution is 2.15. The molecule has 0 radical (unpaired) electrons. The Morgan fingerprint density at radius 1 is 1.38 bits per heavy atom. The van der Waals surface area contributed by atoms with Crippen LogP contribution in [-0.4, -0.2) is 48.3 Å². The Balaban J connectivity index is 2.45. The Bertz CT molecular complexity index is 584. The van der Waals surface area contributed by atoms with Crippen molar-refractivity contribution in [3.05, 3.63) is 18.0 Å². The van der Waals surface area contributed by atoms with Gasteiger partial charge in [0, 0.05) is 26.8 Å². The van der Waals surface area contributed by atoms with E-state index in [1.807, 2.05) is 13.1 Å². The maximum Gasteiger partial charge on any atom is 0.191 e. The molecule has 0 fully saturated rings. The lowest BCUT2D eigenvalue weighted by molar-refractivity contribution is 0.559. The first kappa shape index (κ1) is 17.5. The van der Waals surface area contributed by atoms with Crippen molar-refractivity contribution in [3.8, 4) is 0 Å². The summed E-state index contributed by atoms with van der Waals surface area (Å²) in [6.07, 6.45) is 1.73. The van der Waals surface area contributed by atoms with Gasteiger partial charge in [0.25, 0.3) is 0 Å². The van der Waals surface area contributed by atoms with Crippen LogP contribution in [0.1, 0.15) is 26.5 Å². The molecule has 2 N–H and O–H groups in total. The highest BCUT2D eigenvalue weighted by atomic mass is 32.2. The minimum atomic E-state index is -3.13. The van der Waals surface area contributed by atoms with Crippen LogP contribution in [0.25, 0.3) is 0 Å². The van der Waals surface area contributed by atoms with Crippen molar-refractivity contribution in [1.29, 1.82) is 0 Å². The third kappa shape index (κ3) is 5.04. The summed E-state index contributed by atoms with van der Waals surface area (Å²) in [5, 5.41) is 10.2. The molecule has 120 valence electrons. The summed E-state index contributed by atoms with van der Waals surface area (Å²) in [5.74, 6) is 0.642. The predicted octanol–water partition coefficient (Wildman–Crippen LogP) is 0.298. The molecule has 0 bridgehead atoms. The first-order valence-corrected chi connectivity index (χ1v) is 8.46. The summed E-state index contributed by atoms with van der Waals surface area (Å²) >= 11 is 0. The summed E-state index contributed by atoms with van der Waals surface area (Å²) in [4.78, 5) is 4.07. The second-order valence-corrected chi connectivity index (χ2v) is 8.59. The van der Waals surface area contributed by atoms with Crippen LogP contribution in [0, 0.1) is 0 Å². The minimum absolute atomic E-state index is 0.0723. The second-order valence-electron chi connectivity index (χ2n) is 5.73. The molecular weight excluding hydrogens is 290 g/mol. The van der Waals surface area contributed by atoms with Gasteiger partial charge in [0.05, 0.1) is 22.7 Å². The van der Waals surface area contributed by atoms with Gasteiger partial charge in [-0.15, -0.1) is 0 Å². The van der Waals surface area contributed by atoms with E-state index in [1.165, 1.54) is 0 Å². The number of hydrogen-bond acceptors (Lipinski definition) is 4. The summed E-state index contributed by atoms with van der Waals surface area (Å²) < 4.78 is 25.0. The third-order valence-electron chi connectivity index (χ3n) is 3.18. The van der Waals surface area contributed by atoms with Gasteiger partial charge in [-0.1, -0.05) is 0 Å². The van der Waals surface area contributed by atoms with E-state index >= 15 is 0 Å². The van der Waals surface area contributed by atoms with E-state index in [9.17, 15) is 8.42 Å². The Labute approximate surface area is 126 Å². The number of sulfone groups is 1. The van der Waals surface area contributed by atoms with Crippen LogP contribution in [-0.2, 0) is 23.4 Å². The standard InChI is InChI=1S/C13H25N5O2S/c1-13(2,3)21(19,20)9-8-15-12(14-4)16-10-11-6-7-17-18(11)5/h6-7H,8-10H2,1-5H3,(H2,14,15,16). The van der Waals surface area contributed by atoms with Crippen molar-refractivity contribution in [1.82, 2.24) is 20.4 Å². The van der Waals surface area contributed by atoms with Gasteiger partial charge in [-0.2, -0.15) is 5.10 Å². The molecule has 1 aromatic rings. The van der Waals surface area contributed by atoms with Crippen molar-refractivity contribution in [2.24, 2.45) is 12.0 Å². The van der Waals surface area contributed by atoms with Gasteiger partial charge in [0.2, 0.25) is 0 Å². The first-order valence-electron chi connectivity index (χ1n) is 6.81. The summed E-state index contributed by atoms with van der Waals surface area (Å²) in [7, 11) is 0.388. The smallest absolute Gasteiger partial charge is 0.191 e. The highest BCUT2D eigenvalue weighted by Gasteiger charge is 2.28. The molecule has 0 atom stereocenters. The number of nitrogens with one attached hydrogen (secondary N) is 2. The van der Waals surface area contributed by atoms with E-state index in [4.69, 9.17) is 0 Å². The molecular formula is C13H25N5O2S. The molecule has 1 aromatic heterocycles. The molecule has 0 spiro atoms. The van der Waals surface area contributed by atoms with E-state index in [1.54, 1.807) is 38.7 Å². The van der Waals surface area contributed by atoms with Crippen LogP contribution in [0.15, 0.2) is 17.3 Å². The van der Waals surface area contributed by atoms with E-state index in [2.05, 4.69) is 20.7 Å². The van der Waals surface area contributed by atoms with Crippen molar-refractivity contribution < 1.29 is 8.42 Å². The molecule has 0 amide bonds. The highest BCUT2D eigenvalue weighted by molar-refractivity contribution is 7.92. The Morgan fingerprint density at radius 2 is 2.05 bits per heavy atom. The van der Waals surface area contributed by atoms with Crippen molar-refractivity contribution in [2.45, 2.75) is 32.1 Å². The molecule has 21 heavy (non-hydrogen) atoms. The zero-order valence-corrected chi connectivity index (χ0v) is 14.2. The van der Waals surface area contributed by atoms with Gasteiger partial charge in [0.15, 0.2) is 15.8 Å². The maximum atomic E-state index is 12.0. The average molecular weight is 315 g/mol. The zero-order valence-electron chi connectivity index (χ0n) is 13.3. The van der Waals surface area contributed by atoms with Crippen molar-refractivity contribution >= 4 is 15.8 Å². The minimum Gasteiger partial charge on any atom is -0.355 e. The van der Waals surface area contributed by atoms with Gasteiger partial charge in [-0.25, -0.2) is 8.42 Å². The normalized spacial score (nSPS) is 13.3. The van der Waals surface area contributed by atoms with E-state index in [0.29, 0.717) is 19.0 Å². The van der Waals surface area contributed by atoms with Gasteiger partial charge >= 0.3 is 0 Å². The lowest BCUT2D eigenvalue weighted by Crippen LogP contribution is -2.41. The van der Waals surface area contributed by atoms with Gasteiger partial charge in [0.1, 0.15) is 0 Å². The molecule has 1 heterocycles. The Morgan fingerprint density at radius 3 is 2.52 bits per heavy atom. The van der Waals surface area contributed by atoms with Crippen molar-refractivity contribution in [2.75, 3.05) is 19.3 Å². The van der Waals surface area contributed by atoms with Crippen LogP contribution in [0.5, 0.6) is 0 Å². The quantitative estimate of drug-likeness (QED) is 0.602. The monoisotopic (exact) mass is 315 g/mol. The van der Waals surface area contributed by atoms with Crippen LogP contribution in [0.2, 0.25) is 0 Å². The van der Waals surface area contributed by atoms with E-state index in [0.717, 1.165) is 5.69 Å². The lowest BCUT2D eigenvalue weighted by atomic mass is 10.3. The first-order chi connectivity index (χ1) is 9.67. The van der Waals surface area contributed by atoms with Crippen molar-refractivity contribution in [3.63, 3.8) is 0 Å². The molecule has 1 rings (SSSR count). The van der Waals surface area contributed by atoms with E-state index in [-0.39, 0.29) is 5.75 Å². The topological polar surface area (TPSA) is 88.4 Å². The largest absolute Gasteiger partial charge is 0.355 e. The third-order valence-corrected chi connectivity index (χ3v) is 5.79. The average Bonchev–Trinajstić information content (AvgIpc) is 2.77. The molecule has 8 heteroatoms. The van der Waals surface area contributed by atoms with Gasteiger partial charge < -0.3 is 10.6 Å². The number of aromatic nitrogens is 2. The van der Waals surface area contributed by atoms with Crippen LogP contribution in [0.3, 0.4) is 0 Å². The van der Waals surface area contributed by atoms with E-state index < -0.39 is 14.6 Å². The molecule has 0 aliphatic heterocycles. The molecule has 0 aliphatic rings. The fourth-order valence-corrected chi connectivity index (χ4v) is 2.56.